The van der Waals surface area contributed by atoms with E-state index in [1.54, 1.807) is 0 Å². The van der Waals surface area contributed by atoms with Crippen molar-refractivity contribution in [2.45, 2.75) is 163 Å². The smallest absolute Gasteiger partial charge is 0.105 e. The van der Waals surface area contributed by atoms with E-state index >= 15 is 0 Å². The van der Waals surface area contributed by atoms with Crippen LogP contribution in [0.25, 0.3) is 0 Å². The zero-order chi connectivity index (χ0) is 33.8. The SMILES string of the molecule is CC[SiH](C)N([SiH](C)C)[SiH](C)C.CC[SiH](CC)N([SiH](C)C)[Si](C)(C)C.C[SiH2]N([SiH](C)C)[SiH](C)C.C[SiH](C)N([SiH3])[SiH](C)C. The van der Waals surface area contributed by atoms with E-state index in [1.165, 1.54) is 28.5 Å². The molecule has 4 nitrogen and oxygen atoms in total. The van der Waals surface area contributed by atoms with Crippen molar-refractivity contribution in [1.82, 2.24) is 15.6 Å². The second kappa shape index (κ2) is 27.5. The van der Waals surface area contributed by atoms with Crippen LogP contribution in [0.1, 0.15) is 20.8 Å². The van der Waals surface area contributed by atoms with Crippen LogP contribution in [0.15, 0.2) is 0 Å². The molecule has 0 aromatic heterocycles. The molecular weight excluding hydrogens is 693 g/mol. The molecule has 0 aliphatic carbocycles. The summed E-state index contributed by atoms with van der Waals surface area (Å²) >= 11 is 0. The molecule has 0 bridgehead atoms. The Morgan fingerprint density at radius 1 is 0.537 bits per heavy atom. The highest BCUT2D eigenvalue weighted by Gasteiger charge is 2.31. The second-order valence-electron chi connectivity index (χ2n) is 14.9. The maximum absolute atomic E-state index is 3.05. The molecule has 0 N–H and O–H groups in total. The van der Waals surface area contributed by atoms with Crippen molar-refractivity contribution in [1.29, 1.82) is 0 Å². The van der Waals surface area contributed by atoms with Crippen molar-refractivity contribution in [3.05, 3.63) is 0 Å². The molecule has 16 heteroatoms. The Morgan fingerprint density at radius 3 is 0.927 bits per heavy atom. The lowest BCUT2D eigenvalue weighted by molar-refractivity contribution is 0.925. The van der Waals surface area contributed by atoms with Gasteiger partial charge in [0.1, 0.15) is 8.24 Å². The van der Waals surface area contributed by atoms with Crippen LogP contribution in [0.4, 0.5) is 0 Å². The fraction of sp³-hybridized carbons (Fsp3) is 1.00. The summed E-state index contributed by atoms with van der Waals surface area (Å²) in [6.45, 7) is 54.0. The fourth-order valence-corrected chi connectivity index (χ4v) is 53.8. The average molecular weight is 780 g/mol. The predicted molar refractivity (Wildman–Crippen MR) is 239 cm³/mol. The van der Waals surface area contributed by atoms with Gasteiger partial charge in [-0.05, 0) is 0 Å². The van der Waals surface area contributed by atoms with E-state index in [0.29, 0.717) is 0 Å². The molecule has 0 heterocycles. The summed E-state index contributed by atoms with van der Waals surface area (Å²) in [5, 5.41) is 0. The van der Waals surface area contributed by atoms with Crippen molar-refractivity contribution in [2.75, 3.05) is 0 Å². The molecule has 0 fully saturated rings. The quantitative estimate of drug-likeness (QED) is 0.243. The molecule has 0 saturated heterocycles. The molecule has 1 unspecified atom stereocenters. The van der Waals surface area contributed by atoms with Crippen molar-refractivity contribution >= 4 is 109 Å². The number of hydrogen-bond acceptors (Lipinski definition) is 4. The van der Waals surface area contributed by atoms with Crippen LogP contribution in [0.3, 0.4) is 0 Å². The van der Waals surface area contributed by atoms with Gasteiger partial charge in [0.25, 0.3) is 0 Å². The lowest BCUT2D eigenvalue weighted by Gasteiger charge is -2.43. The molecule has 254 valence electrons. The Kier molecular flexibility index (Phi) is 33.8. The van der Waals surface area contributed by atoms with E-state index in [2.05, 4.69) is 161 Å². The fourth-order valence-electron chi connectivity index (χ4n) is 6.17. The van der Waals surface area contributed by atoms with Crippen molar-refractivity contribution < 1.29 is 0 Å². The third kappa shape index (κ3) is 25.2. The number of nitrogens with zero attached hydrogens (tertiary/aromatic N) is 4. The second-order valence-corrected chi connectivity index (χ2v) is 56.9. The van der Waals surface area contributed by atoms with Crippen LogP contribution in [0, 0.1) is 0 Å². The van der Waals surface area contributed by atoms with Crippen LogP contribution >= 0.6 is 0 Å². The van der Waals surface area contributed by atoms with Gasteiger partial charge in [0.15, 0.2) is 0 Å². The zero-order valence-electron chi connectivity index (χ0n) is 33.3. The van der Waals surface area contributed by atoms with Gasteiger partial charge in [-0.2, -0.15) is 0 Å². The van der Waals surface area contributed by atoms with Gasteiger partial charge in [-0.25, -0.2) is 0 Å². The first kappa shape index (κ1) is 50.3. The zero-order valence-corrected chi connectivity index (χ0v) is 48.1. The standard InChI is InChI=1S/C9H27NSi3.C7H23NSi3.C5H19NSi3.C4H17NSi3/c1-8-12(9-2)10(11(3)4)13(5,6)7;1-7-11(6)8(9(2)3)10(4)5;1-7-6(8(2)3)9(4)5;1-7(2)5(6)8(3)4/h11-12H,8-9H2,1-7H3;9-11H,7H2,1-6H3;8-9H,7H2,1-5H3;7-8H,1-4,6H3. The number of hydrogen-bond donors (Lipinski definition) is 0. The van der Waals surface area contributed by atoms with Crippen molar-refractivity contribution in [3.63, 3.8) is 0 Å². The van der Waals surface area contributed by atoms with Gasteiger partial charge in [-0.1, -0.05) is 163 Å². The third-order valence-corrected chi connectivity index (χ3v) is 65.3. The van der Waals surface area contributed by atoms with Gasteiger partial charge in [0, 0.05) is 0 Å². The van der Waals surface area contributed by atoms with E-state index in [0.717, 1.165) is 0 Å². The van der Waals surface area contributed by atoms with Crippen LogP contribution in [-0.2, 0) is 0 Å². The Balaban J connectivity index is -0.000000226. The maximum atomic E-state index is 3.05. The highest BCUT2D eigenvalue weighted by Crippen LogP contribution is 2.18. The van der Waals surface area contributed by atoms with Gasteiger partial charge in [0.05, 0.1) is 101 Å². The molecule has 0 aliphatic rings. The average Bonchev–Trinajstić information content (AvgIpc) is 2.81. The van der Waals surface area contributed by atoms with Gasteiger partial charge in [-0.15, -0.1) is 0 Å². The van der Waals surface area contributed by atoms with Gasteiger partial charge < -0.3 is 15.6 Å². The van der Waals surface area contributed by atoms with Gasteiger partial charge in [-0.3, -0.25) is 0 Å². The maximum Gasteiger partial charge on any atom is 0.105 e. The van der Waals surface area contributed by atoms with Crippen molar-refractivity contribution in [2.24, 2.45) is 0 Å². The molecule has 0 radical (unpaired) electrons. The normalized spacial score (nSPS) is 13.6. The molecule has 0 aromatic carbocycles. The molecule has 1 atom stereocenters. The van der Waals surface area contributed by atoms with E-state index in [-0.39, 0.29) is 45.5 Å². The summed E-state index contributed by atoms with van der Waals surface area (Å²) in [5.41, 5.74) is 0. The van der Waals surface area contributed by atoms with E-state index in [9.17, 15) is 0 Å². The van der Waals surface area contributed by atoms with Crippen LogP contribution in [-0.4, -0.2) is 125 Å². The lowest BCUT2D eigenvalue weighted by Crippen LogP contribution is -2.59. The highest BCUT2D eigenvalue weighted by molar-refractivity contribution is 6.93. The molecule has 41 heavy (non-hydrogen) atoms. The molecule has 0 aromatic rings. The molecule has 0 rings (SSSR count). The monoisotopic (exact) mass is 778 g/mol. The minimum absolute atomic E-state index is 0.190. The van der Waals surface area contributed by atoms with Crippen LogP contribution in [0.5, 0.6) is 0 Å². The summed E-state index contributed by atoms with van der Waals surface area (Å²) in [5.74, 6) is 0. The Hall–Kier alpha value is 2.44. The Labute approximate surface area is 285 Å². The summed E-state index contributed by atoms with van der Waals surface area (Å²) in [4.78, 5) is 0. The first-order chi connectivity index (χ1) is 18.5. The minimum Gasteiger partial charge on any atom is -0.381 e. The van der Waals surface area contributed by atoms with Crippen LogP contribution < -0.4 is 0 Å². The molecule has 0 amide bonds. The summed E-state index contributed by atoms with van der Waals surface area (Å²) < 4.78 is 11.6. The topological polar surface area (TPSA) is 13.0 Å². The Morgan fingerprint density at radius 2 is 0.878 bits per heavy atom. The summed E-state index contributed by atoms with van der Waals surface area (Å²) in [6, 6.07) is 4.38. The summed E-state index contributed by atoms with van der Waals surface area (Å²) in [7, 11) is -3.46. The Bertz CT molecular complexity index is 551. The van der Waals surface area contributed by atoms with E-state index in [1.807, 2.05) is 0 Å². The molecule has 0 saturated carbocycles. The number of rotatable bonds is 14. The molecule has 0 aliphatic heterocycles. The highest BCUT2D eigenvalue weighted by atomic mass is 28.4. The third-order valence-electron chi connectivity index (χ3n) is 8.28. The van der Waals surface area contributed by atoms with Gasteiger partial charge >= 0.3 is 0 Å². The van der Waals surface area contributed by atoms with Crippen LogP contribution in [0.2, 0.25) is 143 Å². The first-order valence-corrected chi connectivity index (χ1v) is 48.3. The largest absolute Gasteiger partial charge is 0.381 e. The van der Waals surface area contributed by atoms with Crippen molar-refractivity contribution in [3.8, 4) is 0 Å². The molecule has 0 spiro atoms. The minimum atomic E-state index is -0.998. The van der Waals surface area contributed by atoms with E-state index < -0.39 is 53.0 Å². The predicted octanol–water partition coefficient (Wildman–Crippen LogP) is 4.42. The summed E-state index contributed by atoms with van der Waals surface area (Å²) in [6.07, 6.45) is 0. The molecular formula is C25H86N4Si12. The van der Waals surface area contributed by atoms with E-state index in [4.69, 9.17) is 0 Å². The first-order valence-electron chi connectivity index (χ1n) is 17.5. The lowest BCUT2D eigenvalue weighted by atomic mass is 10.9. The van der Waals surface area contributed by atoms with Gasteiger partial charge in [0.2, 0.25) is 0 Å².